The van der Waals surface area contributed by atoms with E-state index in [1.54, 1.807) is 13.0 Å². The fraction of sp³-hybridized carbons (Fsp3) is 0.238. The lowest BCUT2D eigenvalue weighted by molar-refractivity contribution is -0.149. The zero-order chi connectivity index (χ0) is 19.9. The van der Waals surface area contributed by atoms with Gasteiger partial charge in [0.25, 0.3) is 0 Å². The summed E-state index contributed by atoms with van der Waals surface area (Å²) in [5, 5.41) is 11.9. The van der Waals surface area contributed by atoms with E-state index in [-0.39, 0.29) is 25.4 Å². The molecular formula is C21H20FNO4S. The second-order valence-electron chi connectivity index (χ2n) is 6.05. The number of thiazole rings is 1. The lowest BCUT2D eigenvalue weighted by atomic mass is 10.1. The topological polar surface area (TPSA) is 68.7 Å². The van der Waals surface area contributed by atoms with Gasteiger partial charge in [-0.2, -0.15) is 0 Å². The molecule has 0 aliphatic heterocycles. The molecule has 1 N–H and O–H groups in total. The second kappa shape index (κ2) is 9.43. The molecule has 1 aromatic heterocycles. The molecular weight excluding hydrogens is 381 g/mol. The molecule has 0 radical (unpaired) electrons. The van der Waals surface area contributed by atoms with Crippen LogP contribution in [0.2, 0.25) is 0 Å². The first-order valence-corrected chi connectivity index (χ1v) is 9.70. The first-order chi connectivity index (χ1) is 13.6. The van der Waals surface area contributed by atoms with Crippen LogP contribution in [-0.2, 0) is 22.6 Å². The Balaban J connectivity index is 1.62. The average molecular weight is 401 g/mol. The Morgan fingerprint density at radius 2 is 2.04 bits per heavy atom. The van der Waals surface area contributed by atoms with Crippen LogP contribution in [0.25, 0.3) is 10.6 Å². The van der Waals surface area contributed by atoms with Crippen LogP contribution in [0.15, 0.2) is 53.9 Å². The first-order valence-electron chi connectivity index (χ1n) is 8.82. The Bertz CT molecular complexity index is 929. The van der Waals surface area contributed by atoms with Crippen LogP contribution in [0, 0.1) is 5.82 Å². The molecule has 28 heavy (non-hydrogen) atoms. The van der Waals surface area contributed by atoms with E-state index in [2.05, 4.69) is 4.98 Å². The highest BCUT2D eigenvalue weighted by atomic mass is 32.1. The zero-order valence-corrected chi connectivity index (χ0v) is 16.1. The smallest absolute Gasteiger partial charge is 0.333 e. The predicted octanol–water partition coefficient (Wildman–Crippen LogP) is 4.56. The van der Waals surface area contributed by atoms with E-state index < -0.39 is 17.9 Å². The number of benzene rings is 2. The summed E-state index contributed by atoms with van der Waals surface area (Å²) >= 11 is 1.50. The number of carbonyl (C=O) groups is 1. The standard InChI is InChI=1S/C21H20FNO4S/c1-2-26-19(21(24)25)11-14-8-9-18(17(22)10-14)27-12-16-13-28-20(23-16)15-6-4-3-5-7-15/h3-10,13,19H,2,11-12H2,1H3,(H,24,25). The molecule has 146 valence electrons. The number of ether oxygens (including phenoxy) is 2. The van der Waals surface area contributed by atoms with Crippen molar-refractivity contribution in [3.63, 3.8) is 0 Å². The van der Waals surface area contributed by atoms with Crippen LogP contribution >= 0.6 is 11.3 Å². The van der Waals surface area contributed by atoms with Crippen molar-refractivity contribution in [3.05, 3.63) is 71.0 Å². The quantitative estimate of drug-likeness (QED) is 0.569. The molecule has 3 aromatic rings. The molecule has 0 aliphatic rings. The third-order valence-corrected chi connectivity index (χ3v) is 4.95. The Labute approximate surface area is 166 Å². The van der Waals surface area contributed by atoms with Crippen molar-refractivity contribution >= 4 is 17.3 Å². The van der Waals surface area contributed by atoms with Crippen LogP contribution in [0.1, 0.15) is 18.2 Å². The van der Waals surface area contributed by atoms with E-state index in [1.807, 2.05) is 35.7 Å². The van der Waals surface area contributed by atoms with Gasteiger partial charge in [0, 0.05) is 24.0 Å². The van der Waals surface area contributed by atoms with Crippen molar-refractivity contribution in [1.29, 1.82) is 0 Å². The van der Waals surface area contributed by atoms with E-state index in [0.29, 0.717) is 5.56 Å². The highest BCUT2D eigenvalue weighted by molar-refractivity contribution is 7.13. The summed E-state index contributed by atoms with van der Waals surface area (Å²) in [5.74, 6) is -1.52. The van der Waals surface area contributed by atoms with Gasteiger partial charge in [0.1, 0.15) is 11.6 Å². The Morgan fingerprint density at radius 3 is 2.71 bits per heavy atom. The number of hydrogen-bond acceptors (Lipinski definition) is 5. The fourth-order valence-corrected chi connectivity index (χ4v) is 3.47. The van der Waals surface area contributed by atoms with Gasteiger partial charge in [0.15, 0.2) is 17.7 Å². The lowest BCUT2D eigenvalue weighted by Gasteiger charge is -2.13. The van der Waals surface area contributed by atoms with Crippen LogP contribution in [0.4, 0.5) is 4.39 Å². The third-order valence-electron chi connectivity index (χ3n) is 4.01. The summed E-state index contributed by atoms with van der Waals surface area (Å²) < 4.78 is 25.0. The molecule has 5 nitrogen and oxygen atoms in total. The van der Waals surface area contributed by atoms with Gasteiger partial charge >= 0.3 is 5.97 Å². The summed E-state index contributed by atoms with van der Waals surface area (Å²) in [6, 6.07) is 14.2. The van der Waals surface area contributed by atoms with Gasteiger partial charge in [-0.05, 0) is 24.6 Å². The third kappa shape index (κ3) is 5.15. The number of aliphatic carboxylic acids is 1. The van der Waals surface area contributed by atoms with Crippen LogP contribution in [0.3, 0.4) is 0 Å². The molecule has 0 saturated carbocycles. The van der Waals surface area contributed by atoms with Gasteiger partial charge in [0.05, 0.1) is 5.69 Å². The van der Waals surface area contributed by atoms with Gasteiger partial charge in [-0.15, -0.1) is 11.3 Å². The van der Waals surface area contributed by atoms with Crippen LogP contribution < -0.4 is 4.74 Å². The van der Waals surface area contributed by atoms with E-state index in [9.17, 15) is 9.18 Å². The molecule has 7 heteroatoms. The molecule has 0 amide bonds. The maximum atomic E-state index is 14.3. The number of nitrogens with zero attached hydrogens (tertiary/aromatic N) is 1. The molecule has 0 bridgehead atoms. The first kappa shape index (κ1) is 20.0. The molecule has 1 atom stereocenters. The van der Waals surface area contributed by atoms with E-state index >= 15 is 0 Å². The molecule has 3 rings (SSSR count). The number of hydrogen-bond donors (Lipinski definition) is 1. The lowest BCUT2D eigenvalue weighted by Crippen LogP contribution is -2.26. The highest BCUT2D eigenvalue weighted by Crippen LogP contribution is 2.25. The van der Waals surface area contributed by atoms with Crippen molar-refractivity contribution < 1.29 is 23.8 Å². The number of carboxylic acids is 1. The van der Waals surface area contributed by atoms with Crippen molar-refractivity contribution in [2.45, 2.75) is 26.1 Å². The van der Waals surface area contributed by atoms with E-state index in [1.165, 1.54) is 23.5 Å². The maximum Gasteiger partial charge on any atom is 0.333 e. The van der Waals surface area contributed by atoms with Crippen molar-refractivity contribution in [3.8, 4) is 16.3 Å². The number of halogens is 1. The summed E-state index contributed by atoms with van der Waals surface area (Å²) in [6.07, 6.45) is -0.907. The van der Waals surface area contributed by atoms with Crippen LogP contribution in [-0.4, -0.2) is 28.8 Å². The molecule has 0 spiro atoms. The minimum Gasteiger partial charge on any atom is -0.484 e. The Kier molecular flexibility index (Phi) is 6.73. The van der Waals surface area contributed by atoms with Gasteiger partial charge in [-0.25, -0.2) is 14.2 Å². The summed E-state index contributed by atoms with van der Waals surface area (Å²) in [5.41, 5.74) is 2.27. The van der Waals surface area contributed by atoms with Gasteiger partial charge in [-0.1, -0.05) is 36.4 Å². The second-order valence-corrected chi connectivity index (χ2v) is 6.91. The minimum absolute atomic E-state index is 0.0902. The number of aromatic nitrogens is 1. The largest absolute Gasteiger partial charge is 0.484 e. The van der Waals surface area contributed by atoms with Crippen molar-refractivity contribution in [2.24, 2.45) is 0 Å². The minimum atomic E-state index is -1.07. The Morgan fingerprint density at radius 1 is 1.25 bits per heavy atom. The zero-order valence-electron chi connectivity index (χ0n) is 15.3. The summed E-state index contributed by atoms with van der Waals surface area (Å²) in [7, 11) is 0. The van der Waals surface area contributed by atoms with Gasteiger partial charge in [-0.3, -0.25) is 0 Å². The number of carboxylic acid groups (broad SMARTS) is 1. The monoisotopic (exact) mass is 401 g/mol. The molecule has 0 saturated heterocycles. The Hall–Kier alpha value is -2.77. The molecule has 1 heterocycles. The molecule has 2 aromatic carbocycles. The maximum absolute atomic E-state index is 14.3. The number of rotatable bonds is 9. The summed E-state index contributed by atoms with van der Waals surface area (Å²) in [4.78, 5) is 15.7. The molecule has 0 fully saturated rings. The van der Waals surface area contributed by atoms with Crippen molar-refractivity contribution in [1.82, 2.24) is 4.98 Å². The van der Waals surface area contributed by atoms with E-state index in [0.717, 1.165) is 16.3 Å². The van der Waals surface area contributed by atoms with Crippen molar-refractivity contribution in [2.75, 3.05) is 6.61 Å². The SMILES string of the molecule is CCOC(Cc1ccc(OCc2csc(-c3ccccc3)n2)c(F)c1)C(=O)O. The predicted molar refractivity (Wildman–Crippen MR) is 105 cm³/mol. The molecule has 1 unspecified atom stereocenters. The summed E-state index contributed by atoms with van der Waals surface area (Å²) in [6.45, 7) is 2.14. The fourth-order valence-electron chi connectivity index (χ4n) is 2.66. The average Bonchev–Trinajstić information content (AvgIpc) is 3.17. The van der Waals surface area contributed by atoms with Crippen LogP contribution in [0.5, 0.6) is 5.75 Å². The van der Waals surface area contributed by atoms with Gasteiger partial charge < -0.3 is 14.6 Å². The van der Waals surface area contributed by atoms with Gasteiger partial charge in [0.2, 0.25) is 0 Å². The normalized spacial score (nSPS) is 11.9. The molecule has 0 aliphatic carbocycles. The van der Waals surface area contributed by atoms with E-state index in [4.69, 9.17) is 14.6 Å². The highest BCUT2D eigenvalue weighted by Gasteiger charge is 2.19.